The second-order valence-corrected chi connectivity index (χ2v) is 10.00. The van der Waals surface area contributed by atoms with Crippen LogP contribution in [0.2, 0.25) is 0 Å². The van der Waals surface area contributed by atoms with Gasteiger partial charge in [-0.05, 0) is 41.2 Å². The molecule has 2 atom stereocenters. The minimum absolute atomic E-state index is 0. The maximum absolute atomic E-state index is 13.9. The Bertz CT molecular complexity index is 1310. The Morgan fingerprint density at radius 2 is 1.48 bits per heavy atom. The van der Waals surface area contributed by atoms with Crippen LogP contribution >= 0.6 is 24.2 Å². The molecule has 2 aliphatic rings. The molecule has 5 heteroatoms. The quantitative estimate of drug-likeness (QED) is 0.401. The molecule has 2 N–H and O–H groups in total. The van der Waals surface area contributed by atoms with Crippen LogP contribution in [0.5, 0.6) is 0 Å². The molecule has 2 heterocycles. The molecule has 1 aromatic heterocycles. The van der Waals surface area contributed by atoms with Crippen molar-refractivity contribution in [3.63, 3.8) is 0 Å². The number of nitrogens with two attached hydrogens (primary N) is 1. The summed E-state index contributed by atoms with van der Waals surface area (Å²) in [7, 11) is 2.06. The van der Waals surface area contributed by atoms with Gasteiger partial charge in [0.25, 0.3) is 0 Å². The minimum Gasteiger partial charge on any atom is -0.338 e. The number of thioether (sulfide) groups is 1. The molecule has 6 rings (SSSR count). The largest absolute Gasteiger partial charge is 0.338 e. The first kappa shape index (κ1) is 22.3. The van der Waals surface area contributed by atoms with Crippen molar-refractivity contribution in [3.05, 3.63) is 101 Å². The number of fused-ring (bicyclic) bond motifs is 5. The standard InChI is InChI=1S/C28H26N2OS.ClH/c1-30-23-13-7-6-12-21(23)25-27(31)22(16-32-28(25)30)26(29)24-19-10-4-2-8-17(19)14-15-18-9-3-5-11-20(18)24;/h2-13,22,24,26H,14-16,29H2,1H3;1H. The van der Waals surface area contributed by atoms with Crippen molar-refractivity contribution >= 4 is 40.9 Å². The lowest BCUT2D eigenvalue weighted by molar-refractivity contribution is 0.0907. The van der Waals surface area contributed by atoms with E-state index in [1.165, 1.54) is 22.3 Å². The molecule has 0 saturated heterocycles. The van der Waals surface area contributed by atoms with Gasteiger partial charge in [0.1, 0.15) is 0 Å². The number of para-hydroxylation sites is 1. The van der Waals surface area contributed by atoms with Gasteiger partial charge in [-0.3, -0.25) is 4.79 Å². The third-order valence-corrected chi connectivity index (χ3v) is 8.61. The van der Waals surface area contributed by atoms with Gasteiger partial charge in [0.2, 0.25) is 0 Å². The molecule has 3 nitrogen and oxygen atoms in total. The number of carbonyl (C=O) groups is 1. The average molecular weight is 475 g/mol. The molecular formula is C28H27ClN2OS. The van der Waals surface area contributed by atoms with Crippen LogP contribution in [0.4, 0.5) is 0 Å². The Labute approximate surface area is 204 Å². The zero-order valence-corrected chi connectivity index (χ0v) is 20.2. The van der Waals surface area contributed by atoms with Crippen molar-refractivity contribution in [1.29, 1.82) is 0 Å². The molecule has 0 saturated carbocycles. The second kappa shape index (κ2) is 8.68. The number of aromatic nitrogens is 1. The fourth-order valence-electron chi connectivity index (χ4n) is 5.71. The van der Waals surface area contributed by atoms with Gasteiger partial charge >= 0.3 is 0 Å². The second-order valence-electron chi connectivity index (χ2n) is 8.99. The summed E-state index contributed by atoms with van der Waals surface area (Å²) in [5.74, 6) is 0.721. The summed E-state index contributed by atoms with van der Waals surface area (Å²) in [5, 5.41) is 2.11. The van der Waals surface area contributed by atoms with Crippen molar-refractivity contribution in [2.75, 3.05) is 5.75 Å². The summed E-state index contributed by atoms with van der Waals surface area (Å²) in [6, 6.07) is 25.2. The van der Waals surface area contributed by atoms with E-state index in [9.17, 15) is 4.79 Å². The first-order valence-electron chi connectivity index (χ1n) is 11.3. The normalized spacial score (nSPS) is 18.6. The molecule has 0 bridgehead atoms. The van der Waals surface area contributed by atoms with E-state index >= 15 is 0 Å². The topological polar surface area (TPSA) is 48.0 Å². The predicted molar refractivity (Wildman–Crippen MR) is 139 cm³/mol. The highest BCUT2D eigenvalue weighted by molar-refractivity contribution is 7.99. The summed E-state index contributed by atoms with van der Waals surface area (Å²) in [6.45, 7) is 0. The van der Waals surface area contributed by atoms with E-state index in [0.29, 0.717) is 0 Å². The lowest BCUT2D eigenvalue weighted by Gasteiger charge is -2.34. The molecule has 0 amide bonds. The predicted octanol–water partition coefficient (Wildman–Crippen LogP) is 5.76. The SMILES string of the molecule is Cl.Cn1c2c(c3ccccc31)C(=O)C(C(N)C1c3ccccc3CCc3ccccc31)CS2. The maximum Gasteiger partial charge on any atom is 0.171 e. The number of rotatable bonds is 2. The number of carbonyl (C=O) groups excluding carboxylic acids is 1. The zero-order valence-electron chi connectivity index (χ0n) is 18.5. The molecule has 4 aromatic rings. The van der Waals surface area contributed by atoms with E-state index in [-0.39, 0.29) is 36.1 Å². The number of hydrogen-bond acceptors (Lipinski definition) is 3. The number of benzene rings is 3. The van der Waals surface area contributed by atoms with Crippen molar-refractivity contribution in [2.24, 2.45) is 18.7 Å². The summed E-state index contributed by atoms with van der Waals surface area (Å²) < 4.78 is 2.16. The highest BCUT2D eigenvalue weighted by Crippen LogP contribution is 2.44. The Morgan fingerprint density at radius 1 is 0.909 bits per heavy atom. The monoisotopic (exact) mass is 474 g/mol. The molecule has 0 spiro atoms. The molecule has 168 valence electrons. The van der Waals surface area contributed by atoms with Crippen LogP contribution in [0.25, 0.3) is 10.9 Å². The highest BCUT2D eigenvalue weighted by Gasteiger charge is 2.41. The van der Waals surface area contributed by atoms with Crippen LogP contribution in [0, 0.1) is 5.92 Å². The van der Waals surface area contributed by atoms with Gasteiger partial charge in [-0.15, -0.1) is 24.2 Å². The molecular weight excluding hydrogens is 448 g/mol. The Hall–Kier alpha value is -2.53. The average Bonchev–Trinajstić information content (AvgIpc) is 3.01. The van der Waals surface area contributed by atoms with Crippen molar-refractivity contribution in [1.82, 2.24) is 4.57 Å². The van der Waals surface area contributed by atoms with Crippen LogP contribution in [0.1, 0.15) is 38.5 Å². The van der Waals surface area contributed by atoms with Gasteiger partial charge in [-0.1, -0.05) is 66.7 Å². The molecule has 0 radical (unpaired) electrons. The summed E-state index contributed by atoms with van der Waals surface area (Å²) in [6.07, 6.45) is 2.02. The van der Waals surface area contributed by atoms with Crippen LogP contribution in [0.15, 0.2) is 77.8 Å². The fraction of sp³-hybridized carbons (Fsp3) is 0.250. The maximum atomic E-state index is 13.9. The van der Waals surface area contributed by atoms with E-state index in [1.54, 1.807) is 11.8 Å². The highest BCUT2D eigenvalue weighted by atomic mass is 35.5. The number of nitrogens with zero attached hydrogens (tertiary/aromatic N) is 1. The number of ketones is 1. The molecule has 0 fully saturated rings. The van der Waals surface area contributed by atoms with E-state index in [1.807, 2.05) is 12.1 Å². The van der Waals surface area contributed by atoms with Crippen LogP contribution in [-0.2, 0) is 19.9 Å². The van der Waals surface area contributed by atoms with Gasteiger partial charge in [-0.25, -0.2) is 0 Å². The summed E-state index contributed by atoms with van der Waals surface area (Å²) in [4.78, 5) is 13.9. The Kier molecular flexibility index (Phi) is 5.86. The van der Waals surface area contributed by atoms with Gasteiger partial charge in [0.15, 0.2) is 5.78 Å². The molecule has 1 aliphatic carbocycles. The minimum atomic E-state index is -0.275. The summed E-state index contributed by atoms with van der Waals surface area (Å²) in [5.41, 5.74) is 14.3. The molecule has 3 aromatic carbocycles. The van der Waals surface area contributed by atoms with Gasteiger partial charge in [0.05, 0.1) is 10.6 Å². The van der Waals surface area contributed by atoms with E-state index < -0.39 is 0 Å². The third kappa shape index (κ3) is 3.43. The molecule has 2 unspecified atom stereocenters. The number of aryl methyl sites for hydroxylation is 3. The Morgan fingerprint density at radius 3 is 2.15 bits per heavy atom. The fourth-order valence-corrected chi connectivity index (χ4v) is 7.06. The van der Waals surface area contributed by atoms with E-state index in [2.05, 4.69) is 72.3 Å². The lowest BCUT2D eigenvalue weighted by Crippen LogP contribution is -2.44. The van der Waals surface area contributed by atoms with Gasteiger partial charge in [0, 0.05) is 41.6 Å². The van der Waals surface area contributed by atoms with Crippen molar-refractivity contribution < 1.29 is 4.79 Å². The first-order chi connectivity index (χ1) is 15.6. The lowest BCUT2D eigenvalue weighted by atomic mass is 9.76. The molecule has 33 heavy (non-hydrogen) atoms. The van der Waals surface area contributed by atoms with Crippen molar-refractivity contribution in [3.8, 4) is 0 Å². The zero-order chi connectivity index (χ0) is 21.8. The number of hydrogen-bond donors (Lipinski definition) is 1. The van der Waals surface area contributed by atoms with Gasteiger partial charge < -0.3 is 10.3 Å². The molecule has 1 aliphatic heterocycles. The smallest absolute Gasteiger partial charge is 0.171 e. The number of halogens is 1. The summed E-state index contributed by atoms with van der Waals surface area (Å²) >= 11 is 1.78. The van der Waals surface area contributed by atoms with E-state index in [0.717, 1.165) is 40.1 Å². The van der Waals surface area contributed by atoms with Crippen LogP contribution < -0.4 is 5.73 Å². The van der Waals surface area contributed by atoms with Crippen molar-refractivity contribution in [2.45, 2.75) is 29.8 Å². The van der Waals surface area contributed by atoms with Crippen LogP contribution in [-0.4, -0.2) is 22.1 Å². The third-order valence-electron chi connectivity index (χ3n) is 7.33. The van der Waals surface area contributed by atoms with Gasteiger partial charge in [-0.2, -0.15) is 0 Å². The number of Topliss-reactive ketones (excluding diaryl/α,β-unsaturated/α-hetero) is 1. The van der Waals surface area contributed by atoms with Crippen LogP contribution in [0.3, 0.4) is 0 Å². The Balaban J connectivity index is 0.00000228. The van der Waals surface area contributed by atoms with E-state index in [4.69, 9.17) is 5.73 Å². The first-order valence-corrected chi connectivity index (χ1v) is 12.3.